The minimum Gasteiger partial charge on any atom is -0.481 e. The van der Waals surface area contributed by atoms with Crippen LogP contribution in [0.2, 0.25) is 5.15 Å². The third kappa shape index (κ3) is 4.65. The van der Waals surface area contributed by atoms with E-state index < -0.39 is 12.0 Å². The molecular weight excluding hydrogens is 426 g/mol. The number of pyridine rings is 1. The normalized spacial score (nSPS) is 15.8. The maximum Gasteiger partial charge on any atom is 0.303 e. The number of aryl methyl sites for hydroxylation is 2. The Morgan fingerprint density at radius 2 is 1.78 bits per heavy atom. The number of carbonyl (C=O) groups is 2. The molecule has 1 unspecified atom stereocenters. The van der Waals surface area contributed by atoms with Gasteiger partial charge in [0.25, 0.3) is 0 Å². The molecule has 2 aromatic carbocycles. The van der Waals surface area contributed by atoms with Crippen LogP contribution in [0.15, 0.2) is 53.6 Å². The van der Waals surface area contributed by atoms with Crippen molar-refractivity contribution in [2.45, 2.75) is 45.6 Å². The molecule has 164 valence electrons. The molecule has 1 N–H and O–H groups in total. The van der Waals surface area contributed by atoms with Gasteiger partial charge in [0.1, 0.15) is 5.15 Å². The molecule has 2 heterocycles. The number of rotatable bonds is 6. The molecular formula is C25H24ClN3O3. The zero-order valence-electron chi connectivity index (χ0n) is 18.0. The number of benzene rings is 2. The van der Waals surface area contributed by atoms with Crippen molar-refractivity contribution in [1.29, 1.82) is 0 Å². The predicted octanol–water partition coefficient (Wildman–Crippen LogP) is 5.44. The Balaban J connectivity index is 1.71. The van der Waals surface area contributed by atoms with Gasteiger partial charge in [0.05, 0.1) is 17.3 Å². The number of hydrogen-bond donors (Lipinski definition) is 1. The predicted molar refractivity (Wildman–Crippen MR) is 125 cm³/mol. The number of fused-ring (bicyclic) bond motifs is 1. The van der Waals surface area contributed by atoms with Gasteiger partial charge >= 0.3 is 5.97 Å². The zero-order chi connectivity index (χ0) is 22.8. The van der Waals surface area contributed by atoms with Crippen LogP contribution in [0.4, 0.5) is 0 Å². The summed E-state index contributed by atoms with van der Waals surface area (Å²) in [7, 11) is 0. The van der Waals surface area contributed by atoms with Crippen LogP contribution in [0.5, 0.6) is 0 Å². The highest BCUT2D eigenvalue weighted by molar-refractivity contribution is 6.30. The van der Waals surface area contributed by atoms with E-state index in [-0.39, 0.29) is 25.2 Å². The lowest BCUT2D eigenvalue weighted by atomic mass is 9.97. The molecule has 4 rings (SSSR count). The molecule has 1 aliphatic rings. The molecule has 0 saturated carbocycles. The van der Waals surface area contributed by atoms with E-state index in [4.69, 9.17) is 16.7 Å². The van der Waals surface area contributed by atoms with E-state index in [1.54, 1.807) is 0 Å². The van der Waals surface area contributed by atoms with Crippen molar-refractivity contribution < 1.29 is 14.7 Å². The zero-order valence-corrected chi connectivity index (χ0v) is 18.8. The van der Waals surface area contributed by atoms with Crippen LogP contribution in [0.3, 0.4) is 0 Å². The Labute approximate surface area is 191 Å². The van der Waals surface area contributed by atoms with Gasteiger partial charge in [0.2, 0.25) is 5.91 Å². The summed E-state index contributed by atoms with van der Waals surface area (Å²) in [5, 5.41) is 16.3. The molecule has 3 aromatic rings. The third-order valence-corrected chi connectivity index (χ3v) is 5.94. The Morgan fingerprint density at radius 1 is 1.06 bits per heavy atom. The van der Waals surface area contributed by atoms with Crippen molar-refractivity contribution in [3.63, 3.8) is 0 Å². The summed E-state index contributed by atoms with van der Waals surface area (Å²) in [5.74, 6) is -1.14. The second-order valence-electron chi connectivity index (χ2n) is 8.18. The lowest BCUT2D eigenvalue weighted by Crippen LogP contribution is -2.27. The first-order valence-corrected chi connectivity index (χ1v) is 10.9. The van der Waals surface area contributed by atoms with Crippen LogP contribution in [-0.4, -0.2) is 32.7 Å². The van der Waals surface area contributed by atoms with Gasteiger partial charge < -0.3 is 5.11 Å². The molecule has 0 bridgehead atoms. The smallest absolute Gasteiger partial charge is 0.303 e. The highest BCUT2D eigenvalue weighted by Gasteiger charge is 2.34. The van der Waals surface area contributed by atoms with Crippen LogP contribution < -0.4 is 0 Å². The molecule has 0 spiro atoms. The maximum atomic E-state index is 13.0. The van der Waals surface area contributed by atoms with Crippen LogP contribution in [0.1, 0.15) is 54.0 Å². The van der Waals surface area contributed by atoms with Gasteiger partial charge in [0.15, 0.2) is 0 Å². The minimum absolute atomic E-state index is 0.0592. The molecule has 1 aromatic heterocycles. The molecule has 0 saturated heterocycles. The van der Waals surface area contributed by atoms with Crippen LogP contribution in [0.25, 0.3) is 10.9 Å². The number of amides is 1. The van der Waals surface area contributed by atoms with Gasteiger partial charge in [-0.25, -0.2) is 9.99 Å². The molecule has 32 heavy (non-hydrogen) atoms. The van der Waals surface area contributed by atoms with Crippen molar-refractivity contribution in [1.82, 2.24) is 9.99 Å². The van der Waals surface area contributed by atoms with E-state index in [1.165, 1.54) is 5.01 Å². The van der Waals surface area contributed by atoms with E-state index in [0.29, 0.717) is 11.6 Å². The Kier molecular flexibility index (Phi) is 6.24. The fourth-order valence-electron chi connectivity index (χ4n) is 3.93. The highest BCUT2D eigenvalue weighted by Crippen LogP contribution is 2.37. The van der Waals surface area contributed by atoms with E-state index in [2.05, 4.69) is 10.1 Å². The van der Waals surface area contributed by atoms with Crippen molar-refractivity contribution in [3.05, 3.63) is 75.9 Å². The van der Waals surface area contributed by atoms with E-state index in [1.807, 2.05) is 62.4 Å². The van der Waals surface area contributed by atoms with Crippen molar-refractivity contribution in [2.24, 2.45) is 5.10 Å². The van der Waals surface area contributed by atoms with Crippen molar-refractivity contribution in [2.75, 3.05) is 0 Å². The topological polar surface area (TPSA) is 82.9 Å². The van der Waals surface area contributed by atoms with E-state index >= 15 is 0 Å². The molecule has 0 fully saturated rings. The summed E-state index contributed by atoms with van der Waals surface area (Å²) in [6, 6.07) is 15.5. The lowest BCUT2D eigenvalue weighted by molar-refractivity contribution is -0.137. The summed E-state index contributed by atoms with van der Waals surface area (Å²) < 4.78 is 0. The summed E-state index contributed by atoms with van der Waals surface area (Å²) in [4.78, 5) is 28.5. The molecule has 0 aliphatic carbocycles. The quantitative estimate of drug-likeness (QED) is 0.508. The Bertz CT molecular complexity index is 1220. The van der Waals surface area contributed by atoms with Crippen LogP contribution >= 0.6 is 11.6 Å². The summed E-state index contributed by atoms with van der Waals surface area (Å²) >= 11 is 6.58. The van der Waals surface area contributed by atoms with E-state index in [9.17, 15) is 9.59 Å². The first-order valence-electron chi connectivity index (χ1n) is 10.6. The number of hydrogen-bond acceptors (Lipinski definition) is 4. The van der Waals surface area contributed by atoms with E-state index in [0.717, 1.165) is 38.9 Å². The number of halogens is 1. The molecule has 0 radical (unpaired) electrons. The van der Waals surface area contributed by atoms with Gasteiger partial charge in [-0.05, 0) is 44.0 Å². The molecule has 1 aliphatic heterocycles. The highest BCUT2D eigenvalue weighted by atomic mass is 35.5. The number of carboxylic acids is 1. The fourth-order valence-corrected chi connectivity index (χ4v) is 4.20. The molecule has 1 amide bonds. The van der Waals surface area contributed by atoms with Gasteiger partial charge in [0, 0.05) is 30.2 Å². The standard InChI is InChI=1S/C25H24ClN3O3/c1-15-6-9-17(10-7-15)21-14-22(29(28-21)23(30)4-3-5-24(31)32)19-13-18-12-16(2)8-11-20(18)27-25(19)26/h6-13,22H,3-5,14H2,1-2H3,(H,31,32). The molecule has 6 nitrogen and oxygen atoms in total. The fraction of sp³-hybridized carbons (Fsp3) is 0.280. The van der Waals surface area contributed by atoms with Crippen molar-refractivity contribution >= 4 is 40.1 Å². The first-order chi connectivity index (χ1) is 15.3. The lowest BCUT2D eigenvalue weighted by Gasteiger charge is -2.23. The number of carbonyl (C=O) groups excluding carboxylic acids is 1. The summed E-state index contributed by atoms with van der Waals surface area (Å²) in [6.07, 6.45) is 0.809. The number of aromatic nitrogens is 1. The van der Waals surface area contributed by atoms with Gasteiger partial charge in [-0.15, -0.1) is 0 Å². The largest absolute Gasteiger partial charge is 0.481 e. The second kappa shape index (κ2) is 9.09. The summed E-state index contributed by atoms with van der Waals surface area (Å²) in [5.41, 5.74) is 5.52. The number of nitrogens with zero attached hydrogens (tertiary/aromatic N) is 3. The average Bonchev–Trinajstić information content (AvgIpc) is 3.19. The summed E-state index contributed by atoms with van der Waals surface area (Å²) in [6.45, 7) is 4.03. The number of aliphatic carboxylic acids is 1. The second-order valence-corrected chi connectivity index (χ2v) is 8.54. The molecule has 7 heteroatoms. The number of carboxylic acid groups (broad SMARTS) is 1. The Morgan fingerprint density at radius 3 is 2.50 bits per heavy atom. The monoisotopic (exact) mass is 449 g/mol. The first kappa shape index (κ1) is 22.0. The minimum atomic E-state index is -0.920. The third-order valence-electron chi connectivity index (χ3n) is 5.64. The van der Waals surface area contributed by atoms with Gasteiger partial charge in [-0.3, -0.25) is 9.59 Å². The van der Waals surface area contributed by atoms with Gasteiger partial charge in [-0.1, -0.05) is 53.1 Å². The maximum absolute atomic E-state index is 13.0. The number of hydrazone groups is 1. The van der Waals surface area contributed by atoms with Gasteiger partial charge in [-0.2, -0.15) is 5.10 Å². The van der Waals surface area contributed by atoms with Crippen LogP contribution in [-0.2, 0) is 9.59 Å². The molecule has 1 atom stereocenters. The van der Waals surface area contributed by atoms with Crippen LogP contribution in [0, 0.1) is 13.8 Å². The SMILES string of the molecule is Cc1ccc(C2=NN(C(=O)CCCC(=O)O)C(c3cc4cc(C)ccc4nc3Cl)C2)cc1. The Hall–Kier alpha value is -3.25. The van der Waals surface area contributed by atoms with Crippen molar-refractivity contribution in [3.8, 4) is 0 Å². The average molecular weight is 450 g/mol.